The maximum absolute atomic E-state index is 10.2. The van der Waals surface area contributed by atoms with E-state index in [4.69, 9.17) is 9.63 Å². The van der Waals surface area contributed by atoms with Crippen LogP contribution in [-0.4, -0.2) is 25.0 Å². The Morgan fingerprint density at radius 3 is 2.00 bits per heavy atom. The zero-order valence-corrected chi connectivity index (χ0v) is 9.85. The minimum absolute atomic E-state index is 0.344. The highest BCUT2D eigenvalue weighted by Crippen LogP contribution is 2.14. The van der Waals surface area contributed by atoms with Crippen LogP contribution in [0.2, 0.25) is 0 Å². The maximum atomic E-state index is 10.2. The molecule has 80 valence electrons. The highest BCUT2D eigenvalue weighted by molar-refractivity contribution is 7.38. The molecule has 0 aliphatic rings. The molecule has 4 heteroatoms. The van der Waals surface area contributed by atoms with Crippen LogP contribution in [0.15, 0.2) is 0 Å². The average Bonchev–Trinajstić information content (AvgIpc) is 2.07. The lowest BCUT2D eigenvalue weighted by molar-refractivity contribution is 0.287. The van der Waals surface area contributed by atoms with Gasteiger partial charge in [0.05, 0.1) is 0 Å². The Morgan fingerprint density at radius 2 is 1.77 bits per heavy atom. The Balaban J connectivity index is 0. The van der Waals surface area contributed by atoms with Crippen molar-refractivity contribution in [3.8, 4) is 0 Å². The zero-order valence-electron chi connectivity index (χ0n) is 8.95. The molecule has 0 saturated carbocycles. The Kier molecular flexibility index (Phi) is 17.3. The second-order valence-electron chi connectivity index (χ2n) is 2.70. The van der Waals surface area contributed by atoms with Crippen LogP contribution in [0.1, 0.15) is 39.5 Å². The topological polar surface area (TPSA) is 46.5 Å². The van der Waals surface area contributed by atoms with Gasteiger partial charge in [-0.05, 0) is 17.4 Å². The van der Waals surface area contributed by atoms with Crippen LogP contribution in [0.5, 0.6) is 0 Å². The maximum Gasteiger partial charge on any atom is 0.504 e. The van der Waals surface area contributed by atoms with E-state index in [1.165, 1.54) is 0 Å². The molecule has 0 spiro atoms. The molecular formula is C9H22O3P+. The molecule has 3 nitrogen and oxygen atoms in total. The fourth-order valence-corrected chi connectivity index (χ4v) is 0.882. The fourth-order valence-electron chi connectivity index (χ4n) is 0.496. The van der Waals surface area contributed by atoms with Gasteiger partial charge >= 0.3 is 8.03 Å². The molecule has 1 unspecified atom stereocenters. The molecule has 0 bridgehead atoms. The molecule has 0 aromatic carbocycles. The van der Waals surface area contributed by atoms with Crippen molar-refractivity contribution >= 4 is 8.03 Å². The van der Waals surface area contributed by atoms with Crippen molar-refractivity contribution in [1.29, 1.82) is 0 Å². The van der Waals surface area contributed by atoms with E-state index in [-0.39, 0.29) is 0 Å². The van der Waals surface area contributed by atoms with Gasteiger partial charge in [0.1, 0.15) is 6.61 Å². The van der Waals surface area contributed by atoms with Crippen molar-refractivity contribution in [3.63, 3.8) is 0 Å². The Labute approximate surface area is 82.4 Å². The first-order valence-corrected chi connectivity index (χ1v) is 6.46. The number of hydrogen-bond donors (Lipinski definition) is 1. The number of aliphatic hydroxyl groups excluding tert-OH is 1. The summed E-state index contributed by atoms with van der Waals surface area (Å²) < 4.78 is 15.0. The smallest absolute Gasteiger partial charge is 0.396 e. The SMILES string of the molecule is CCCCO.CCCCO[P+](C)=O. The minimum Gasteiger partial charge on any atom is -0.396 e. The van der Waals surface area contributed by atoms with Gasteiger partial charge in [-0.3, -0.25) is 0 Å². The first kappa shape index (κ1) is 15.5. The van der Waals surface area contributed by atoms with Crippen molar-refractivity contribution in [3.05, 3.63) is 0 Å². The number of unbranched alkanes of at least 4 members (excludes halogenated alkanes) is 2. The summed E-state index contributed by atoms with van der Waals surface area (Å²) in [7, 11) is -1.36. The summed E-state index contributed by atoms with van der Waals surface area (Å²) in [5.74, 6) is 0. The third-order valence-electron chi connectivity index (χ3n) is 1.28. The van der Waals surface area contributed by atoms with Gasteiger partial charge in [0.2, 0.25) is 0 Å². The van der Waals surface area contributed by atoms with Crippen molar-refractivity contribution in [2.45, 2.75) is 39.5 Å². The van der Waals surface area contributed by atoms with E-state index in [1.54, 1.807) is 6.66 Å². The molecule has 0 rings (SSSR count). The van der Waals surface area contributed by atoms with Gasteiger partial charge in [0.15, 0.2) is 6.66 Å². The van der Waals surface area contributed by atoms with Crippen LogP contribution < -0.4 is 0 Å². The van der Waals surface area contributed by atoms with E-state index < -0.39 is 8.03 Å². The fraction of sp³-hybridized carbons (Fsp3) is 1.00. The van der Waals surface area contributed by atoms with Crippen molar-refractivity contribution < 1.29 is 14.2 Å². The van der Waals surface area contributed by atoms with E-state index in [1.807, 2.05) is 0 Å². The van der Waals surface area contributed by atoms with Crippen LogP contribution in [0.3, 0.4) is 0 Å². The normalized spacial score (nSPS) is 10.3. The third-order valence-corrected chi connectivity index (χ3v) is 1.83. The first-order chi connectivity index (χ1) is 6.18. The van der Waals surface area contributed by atoms with Crippen LogP contribution >= 0.6 is 8.03 Å². The summed E-state index contributed by atoms with van der Waals surface area (Å²) in [6.07, 6.45) is 4.15. The van der Waals surface area contributed by atoms with E-state index in [0.29, 0.717) is 13.2 Å². The van der Waals surface area contributed by atoms with Crippen LogP contribution in [-0.2, 0) is 9.09 Å². The highest BCUT2D eigenvalue weighted by atomic mass is 31.1. The van der Waals surface area contributed by atoms with Crippen LogP contribution in [0.4, 0.5) is 0 Å². The first-order valence-electron chi connectivity index (χ1n) is 4.83. The summed E-state index contributed by atoms with van der Waals surface area (Å²) in [6, 6.07) is 0. The average molecular weight is 209 g/mol. The van der Waals surface area contributed by atoms with Gasteiger partial charge in [0.25, 0.3) is 0 Å². The number of rotatable bonds is 6. The Morgan fingerprint density at radius 1 is 1.23 bits per heavy atom. The molecule has 0 aliphatic carbocycles. The molecular weight excluding hydrogens is 187 g/mol. The van der Waals surface area contributed by atoms with Gasteiger partial charge < -0.3 is 5.11 Å². The summed E-state index contributed by atoms with van der Waals surface area (Å²) in [6.45, 7) is 6.69. The third kappa shape index (κ3) is 24.5. The van der Waals surface area contributed by atoms with E-state index in [0.717, 1.165) is 25.7 Å². The monoisotopic (exact) mass is 209 g/mol. The summed E-state index contributed by atoms with van der Waals surface area (Å²) in [5, 5.41) is 8.07. The Hall–Kier alpha value is 0.0200. The molecule has 0 amide bonds. The van der Waals surface area contributed by atoms with E-state index >= 15 is 0 Å². The Bertz CT molecular complexity index is 105. The second kappa shape index (κ2) is 14.5. The lowest BCUT2D eigenvalue weighted by Crippen LogP contribution is -1.82. The zero-order chi connectivity index (χ0) is 10.5. The quantitative estimate of drug-likeness (QED) is 0.540. The summed E-state index contributed by atoms with van der Waals surface area (Å²) in [5.41, 5.74) is 0. The molecule has 0 radical (unpaired) electrons. The van der Waals surface area contributed by atoms with Crippen LogP contribution in [0.25, 0.3) is 0 Å². The van der Waals surface area contributed by atoms with Crippen molar-refractivity contribution in [2.24, 2.45) is 0 Å². The molecule has 0 saturated heterocycles. The predicted molar refractivity (Wildman–Crippen MR) is 56.4 cm³/mol. The van der Waals surface area contributed by atoms with Gasteiger partial charge in [-0.15, -0.1) is 4.52 Å². The predicted octanol–water partition coefficient (Wildman–Crippen LogP) is 2.95. The lowest BCUT2D eigenvalue weighted by atomic mass is 10.4. The van der Waals surface area contributed by atoms with Crippen molar-refractivity contribution in [2.75, 3.05) is 19.9 Å². The molecule has 0 aliphatic heterocycles. The molecule has 0 aromatic rings. The van der Waals surface area contributed by atoms with E-state index in [9.17, 15) is 4.57 Å². The number of hydrogen-bond acceptors (Lipinski definition) is 3. The molecule has 0 heterocycles. The standard InChI is InChI=1S/C5H12O2P.C4H10O/c1-3-4-5-7-8(2)6;1-2-3-4-5/h3-5H2,1-2H3;5H,2-4H2,1H3/q+1;. The summed E-state index contributed by atoms with van der Waals surface area (Å²) >= 11 is 0. The van der Waals surface area contributed by atoms with Gasteiger partial charge in [-0.1, -0.05) is 26.7 Å². The lowest BCUT2D eigenvalue weighted by Gasteiger charge is -1.84. The van der Waals surface area contributed by atoms with Crippen LogP contribution in [0, 0.1) is 0 Å². The molecule has 0 aromatic heterocycles. The largest absolute Gasteiger partial charge is 0.504 e. The van der Waals surface area contributed by atoms with E-state index in [2.05, 4.69) is 13.8 Å². The van der Waals surface area contributed by atoms with Gasteiger partial charge in [-0.25, -0.2) is 0 Å². The molecule has 13 heavy (non-hydrogen) atoms. The molecule has 1 N–H and O–H groups in total. The second-order valence-corrected chi connectivity index (χ2v) is 3.84. The molecule has 1 atom stereocenters. The number of aliphatic hydroxyl groups is 1. The van der Waals surface area contributed by atoms with Crippen molar-refractivity contribution in [1.82, 2.24) is 0 Å². The van der Waals surface area contributed by atoms with Gasteiger partial charge in [0, 0.05) is 6.61 Å². The molecule has 0 fully saturated rings. The van der Waals surface area contributed by atoms with Gasteiger partial charge in [-0.2, -0.15) is 0 Å². The minimum atomic E-state index is -1.36. The summed E-state index contributed by atoms with van der Waals surface area (Å²) in [4.78, 5) is 0. The highest BCUT2D eigenvalue weighted by Gasteiger charge is 2.03.